The fourth-order valence-electron chi connectivity index (χ4n) is 4.39. The highest BCUT2D eigenvalue weighted by molar-refractivity contribution is 7.13. The van der Waals surface area contributed by atoms with Crippen LogP contribution in [0.1, 0.15) is 63.2 Å². The third kappa shape index (κ3) is 10.1. The maximum Gasteiger partial charge on any atom is 0.414 e. The van der Waals surface area contributed by atoms with Crippen molar-refractivity contribution < 1.29 is 23.9 Å². The number of aryl methyl sites for hydroxylation is 1. The molecule has 46 heavy (non-hydrogen) atoms. The summed E-state index contributed by atoms with van der Waals surface area (Å²) < 4.78 is 11.0. The van der Waals surface area contributed by atoms with Gasteiger partial charge in [-0.05, 0) is 102 Å². The van der Waals surface area contributed by atoms with Crippen molar-refractivity contribution in [2.45, 2.75) is 66.1 Å². The van der Waals surface area contributed by atoms with Crippen LogP contribution in [0.25, 0.3) is 11.1 Å². The Balaban J connectivity index is 1.49. The summed E-state index contributed by atoms with van der Waals surface area (Å²) in [4.78, 5) is 44.8. The second-order valence-corrected chi connectivity index (χ2v) is 14.0. The topological polar surface area (TPSA) is 110 Å². The number of rotatable bonds is 8. The molecule has 2 N–H and O–H groups in total. The van der Waals surface area contributed by atoms with Gasteiger partial charge in [-0.25, -0.2) is 14.6 Å². The number of aromatic nitrogens is 1. The number of thiazole rings is 1. The average Bonchev–Trinajstić information content (AvgIpc) is 3.39. The zero-order valence-electron chi connectivity index (χ0n) is 27.1. The summed E-state index contributed by atoms with van der Waals surface area (Å²) in [6, 6.07) is 20.1. The van der Waals surface area contributed by atoms with Gasteiger partial charge in [0.15, 0.2) is 5.13 Å². The molecule has 0 atom stereocenters. The average molecular weight is 663 g/mol. The second-order valence-electron chi connectivity index (χ2n) is 12.7. The molecule has 3 aromatic carbocycles. The normalized spacial score (nSPS) is 11.5. The third-order valence-electron chi connectivity index (χ3n) is 6.38. The Labute approximate surface area is 278 Å². The number of ether oxygens (including phenoxy) is 2. The van der Waals surface area contributed by atoms with Gasteiger partial charge >= 0.3 is 12.2 Å². The molecule has 0 aliphatic rings. The lowest BCUT2D eigenvalue weighted by Crippen LogP contribution is -2.38. The molecule has 4 aromatic rings. The number of anilines is 3. The fraction of sp³-hybridized carbons (Fsp3) is 0.314. The predicted molar refractivity (Wildman–Crippen MR) is 185 cm³/mol. The van der Waals surface area contributed by atoms with Crippen LogP contribution in [0.2, 0.25) is 5.02 Å². The number of carbonyl (C=O) groups excluding carboxylic acids is 3. The number of amides is 3. The van der Waals surface area contributed by atoms with Crippen LogP contribution in [0.5, 0.6) is 0 Å². The molecular weight excluding hydrogens is 624 g/mol. The molecule has 9 nitrogen and oxygen atoms in total. The highest BCUT2D eigenvalue weighted by Gasteiger charge is 2.24. The van der Waals surface area contributed by atoms with Gasteiger partial charge in [0.2, 0.25) is 0 Å². The standard InChI is InChI=1S/C35H39ClN4O5S/c1-22-8-17-28(23-9-11-24(36)12-10-23)29(20-22)30(41)37-25-13-15-27(16-14-25)40(33(43)45-35(5,6)7)19-18-26-21-46-31(38-26)39-32(42)44-34(2,3)4/h8-17,20-21H,18-19H2,1-7H3,(H,37,41)(H,38,39,42). The number of benzene rings is 3. The maximum absolute atomic E-state index is 13.4. The second kappa shape index (κ2) is 14.3. The van der Waals surface area contributed by atoms with E-state index in [0.717, 1.165) is 16.7 Å². The molecule has 4 rings (SSSR count). The van der Waals surface area contributed by atoms with Crippen LogP contribution in [0, 0.1) is 6.92 Å². The molecule has 0 aliphatic carbocycles. The van der Waals surface area contributed by atoms with Gasteiger partial charge in [0.05, 0.1) is 5.69 Å². The van der Waals surface area contributed by atoms with E-state index in [9.17, 15) is 14.4 Å². The van der Waals surface area contributed by atoms with Gasteiger partial charge in [-0.1, -0.05) is 41.4 Å². The highest BCUT2D eigenvalue weighted by Crippen LogP contribution is 2.28. The van der Waals surface area contributed by atoms with Crippen molar-refractivity contribution in [3.63, 3.8) is 0 Å². The Hall–Kier alpha value is -4.41. The molecule has 0 bridgehead atoms. The first-order chi connectivity index (χ1) is 21.6. The van der Waals surface area contributed by atoms with Gasteiger partial charge in [-0.2, -0.15) is 0 Å². The summed E-state index contributed by atoms with van der Waals surface area (Å²) in [5.41, 5.74) is 3.68. The molecule has 0 saturated carbocycles. The van der Waals surface area contributed by atoms with E-state index in [1.807, 2.05) is 42.6 Å². The van der Waals surface area contributed by atoms with Gasteiger partial charge in [0.1, 0.15) is 11.2 Å². The SMILES string of the molecule is Cc1ccc(-c2ccc(Cl)cc2)c(C(=O)Nc2ccc(N(CCc3csc(NC(=O)OC(C)(C)C)n3)C(=O)OC(C)(C)C)cc2)c1. The molecule has 11 heteroatoms. The zero-order valence-corrected chi connectivity index (χ0v) is 28.6. The Kier molecular flexibility index (Phi) is 10.7. The largest absolute Gasteiger partial charge is 0.444 e. The quantitative estimate of drug-likeness (QED) is 0.195. The van der Waals surface area contributed by atoms with Gasteiger partial charge in [-0.15, -0.1) is 11.3 Å². The fourth-order valence-corrected chi connectivity index (χ4v) is 5.25. The molecular formula is C35H39ClN4O5S. The molecule has 1 aromatic heterocycles. The summed E-state index contributed by atoms with van der Waals surface area (Å²) >= 11 is 7.35. The number of nitrogens with one attached hydrogen (secondary N) is 2. The van der Waals surface area contributed by atoms with Crippen LogP contribution in [-0.2, 0) is 15.9 Å². The van der Waals surface area contributed by atoms with Crippen molar-refractivity contribution in [3.05, 3.63) is 94.0 Å². The summed E-state index contributed by atoms with van der Waals surface area (Å²) in [6.07, 6.45) is -0.691. The molecule has 0 spiro atoms. The van der Waals surface area contributed by atoms with Crippen molar-refractivity contribution in [2.24, 2.45) is 0 Å². The van der Waals surface area contributed by atoms with E-state index < -0.39 is 23.4 Å². The van der Waals surface area contributed by atoms with Crippen molar-refractivity contribution in [3.8, 4) is 11.1 Å². The Morgan fingerprint density at radius 1 is 0.870 bits per heavy atom. The summed E-state index contributed by atoms with van der Waals surface area (Å²) in [6.45, 7) is 13.0. The van der Waals surface area contributed by atoms with Crippen LogP contribution < -0.4 is 15.5 Å². The first-order valence-corrected chi connectivity index (χ1v) is 16.0. The van der Waals surface area contributed by atoms with Crippen LogP contribution in [-0.4, -0.2) is 40.8 Å². The zero-order chi connectivity index (χ0) is 33.6. The lowest BCUT2D eigenvalue weighted by atomic mass is 9.97. The minimum absolute atomic E-state index is 0.260. The monoisotopic (exact) mass is 662 g/mol. The minimum Gasteiger partial charge on any atom is -0.444 e. The van der Waals surface area contributed by atoms with Gasteiger partial charge < -0.3 is 14.8 Å². The highest BCUT2D eigenvalue weighted by atomic mass is 35.5. The van der Waals surface area contributed by atoms with E-state index in [1.54, 1.807) is 77.9 Å². The molecule has 3 amide bonds. The lowest BCUT2D eigenvalue weighted by Gasteiger charge is -2.27. The summed E-state index contributed by atoms with van der Waals surface area (Å²) in [5.74, 6) is -0.260. The molecule has 0 fully saturated rings. The van der Waals surface area contributed by atoms with Gasteiger partial charge in [0.25, 0.3) is 5.91 Å². The Morgan fingerprint density at radius 3 is 2.15 bits per heavy atom. The smallest absolute Gasteiger partial charge is 0.414 e. The van der Waals surface area contributed by atoms with Gasteiger partial charge in [-0.3, -0.25) is 15.0 Å². The maximum atomic E-state index is 13.4. The number of hydrogen-bond donors (Lipinski definition) is 2. The van der Waals surface area contributed by atoms with Crippen LogP contribution in [0.15, 0.2) is 72.1 Å². The number of nitrogens with zero attached hydrogens (tertiary/aromatic N) is 2. The first kappa shape index (κ1) is 34.5. The summed E-state index contributed by atoms with van der Waals surface area (Å²) in [5, 5.41) is 8.47. The van der Waals surface area contributed by atoms with E-state index in [1.165, 1.54) is 16.2 Å². The van der Waals surface area contributed by atoms with Crippen molar-refractivity contribution in [2.75, 3.05) is 22.1 Å². The Morgan fingerprint density at radius 2 is 1.52 bits per heavy atom. The third-order valence-corrected chi connectivity index (χ3v) is 7.44. The van der Waals surface area contributed by atoms with E-state index in [0.29, 0.717) is 39.2 Å². The molecule has 0 radical (unpaired) electrons. The van der Waals surface area contributed by atoms with E-state index in [-0.39, 0.29) is 12.5 Å². The minimum atomic E-state index is -0.704. The predicted octanol–water partition coefficient (Wildman–Crippen LogP) is 9.36. The Bertz CT molecular complexity index is 1690. The van der Waals surface area contributed by atoms with E-state index in [4.69, 9.17) is 21.1 Å². The molecule has 0 saturated heterocycles. The molecule has 0 unspecified atom stereocenters. The number of hydrogen-bond acceptors (Lipinski definition) is 7. The first-order valence-electron chi connectivity index (χ1n) is 14.8. The van der Waals surface area contributed by atoms with Gasteiger partial charge in [0, 0.05) is 40.3 Å². The van der Waals surface area contributed by atoms with Crippen LogP contribution in [0.4, 0.5) is 26.1 Å². The molecule has 1 heterocycles. The van der Waals surface area contributed by atoms with Crippen LogP contribution in [0.3, 0.4) is 0 Å². The number of carbonyl (C=O) groups is 3. The van der Waals surface area contributed by atoms with Crippen LogP contribution >= 0.6 is 22.9 Å². The number of halogens is 1. The lowest BCUT2D eigenvalue weighted by molar-refractivity contribution is 0.0578. The molecule has 0 aliphatic heterocycles. The van der Waals surface area contributed by atoms with Crippen molar-refractivity contribution in [1.82, 2.24) is 4.98 Å². The van der Waals surface area contributed by atoms with Crippen molar-refractivity contribution in [1.29, 1.82) is 0 Å². The van der Waals surface area contributed by atoms with E-state index in [2.05, 4.69) is 15.6 Å². The van der Waals surface area contributed by atoms with Crippen molar-refractivity contribution >= 4 is 57.5 Å². The molecule has 242 valence electrons. The summed E-state index contributed by atoms with van der Waals surface area (Å²) in [7, 11) is 0. The van der Waals surface area contributed by atoms with E-state index >= 15 is 0 Å².